The smallest absolute Gasteiger partial charge is 0.226 e. The summed E-state index contributed by atoms with van der Waals surface area (Å²) in [6.07, 6.45) is 2.70. The van der Waals surface area contributed by atoms with Crippen molar-refractivity contribution in [2.45, 2.75) is 32.2 Å². The van der Waals surface area contributed by atoms with Gasteiger partial charge in [-0.05, 0) is 31.7 Å². The third-order valence-electron chi connectivity index (χ3n) is 2.89. The zero-order valence-electron chi connectivity index (χ0n) is 9.90. The molecular formula is C11H19ClN4O. The standard InChI is InChI=1S/C11H18N4O.ClH/c1-7-4-9(15-14-7)5-11(16)13-10(6-12)8-2-3-8;/h4,8,10H,2-3,5-6,12H2,1H3,(H,13,16)(H,14,15);1H. The molecule has 0 aliphatic heterocycles. The molecule has 1 aliphatic carbocycles. The molecule has 1 heterocycles. The molecule has 96 valence electrons. The third kappa shape index (κ3) is 4.02. The van der Waals surface area contributed by atoms with Crippen LogP contribution in [0.1, 0.15) is 24.2 Å². The van der Waals surface area contributed by atoms with Crippen LogP contribution < -0.4 is 11.1 Å². The highest BCUT2D eigenvalue weighted by Crippen LogP contribution is 2.32. The van der Waals surface area contributed by atoms with Crippen molar-refractivity contribution in [2.24, 2.45) is 11.7 Å². The predicted octanol–water partition coefficient (Wildman–Crippen LogP) is 0.536. The Morgan fingerprint density at radius 1 is 1.71 bits per heavy atom. The highest BCUT2D eigenvalue weighted by Gasteiger charge is 2.31. The number of carbonyl (C=O) groups excluding carboxylic acids is 1. The van der Waals surface area contributed by atoms with E-state index in [0.29, 0.717) is 18.9 Å². The van der Waals surface area contributed by atoms with E-state index in [1.807, 2.05) is 13.0 Å². The molecule has 5 nitrogen and oxygen atoms in total. The van der Waals surface area contributed by atoms with Crippen molar-refractivity contribution >= 4 is 18.3 Å². The van der Waals surface area contributed by atoms with E-state index in [-0.39, 0.29) is 24.4 Å². The van der Waals surface area contributed by atoms with E-state index in [1.54, 1.807) is 0 Å². The Kier molecular flexibility index (Phi) is 4.96. The molecule has 1 unspecified atom stereocenters. The monoisotopic (exact) mass is 258 g/mol. The summed E-state index contributed by atoms with van der Waals surface area (Å²) in [5.41, 5.74) is 7.37. The van der Waals surface area contributed by atoms with Crippen molar-refractivity contribution in [1.82, 2.24) is 15.5 Å². The number of carbonyl (C=O) groups is 1. The first kappa shape index (κ1) is 14.0. The second-order valence-corrected chi connectivity index (χ2v) is 4.47. The number of rotatable bonds is 5. The molecule has 0 radical (unpaired) electrons. The van der Waals surface area contributed by atoms with Crippen LogP contribution in [0.3, 0.4) is 0 Å². The highest BCUT2D eigenvalue weighted by molar-refractivity contribution is 5.85. The fourth-order valence-electron chi connectivity index (χ4n) is 1.86. The summed E-state index contributed by atoms with van der Waals surface area (Å²) in [5, 5.41) is 9.82. The molecule has 0 spiro atoms. The zero-order valence-corrected chi connectivity index (χ0v) is 10.7. The maximum atomic E-state index is 11.7. The van der Waals surface area contributed by atoms with Gasteiger partial charge in [0, 0.05) is 18.3 Å². The average molecular weight is 259 g/mol. The predicted molar refractivity (Wildman–Crippen MR) is 68.0 cm³/mol. The molecule has 1 aliphatic rings. The first-order chi connectivity index (χ1) is 7.69. The number of nitrogens with two attached hydrogens (primary N) is 1. The van der Waals surface area contributed by atoms with Gasteiger partial charge in [0.2, 0.25) is 5.91 Å². The van der Waals surface area contributed by atoms with Gasteiger partial charge in [0.15, 0.2) is 0 Å². The summed E-state index contributed by atoms with van der Waals surface area (Å²) in [4.78, 5) is 11.7. The molecule has 0 saturated heterocycles. The van der Waals surface area contributed by atoms with Gasteiger partial charge in [0.1, 0.15) is 0 Å². The van der Waals surface area contributed by atoms with Crippen LogP contribution in [0.5, 0.6) is 0 Å². The highest BCUT2D eigenvalue weighted by atomic mass is 35.5. The minimum Gasteiger partial charge on any atom is -0.351 e. The molecule has 6 heteroatoms. The molecule has 1 fully saturated rings. The quantitative estimate of drug-likeness (QED) is 0.721. The summed E-state index contributed by atoms with van der Waals surface area (Å²) in [6.45, 7) is 2.44. The zero-order chi connectivity index (χ0) is 11.5. The van der Waals surface area contributed by atoms with Gasteiger partial charge in [-0.2, -0.15) is 5.10 Å². The summed E-state index contributed by atoms with van der Waals surface area (Å²) in [7, 11) is 0. The lowest BCUT2D eigenvalue weighted by molar-refractivity contribution is -0.121. The van der Waals surface area contributed by atoms with Crippen molar-refractivity contribution in [3.63, 3.8) is 0 Å². The summed E-state index contributed by atoms with van der Waals surface area (Å²) < 4.78 is 0. The molecule has 0 aromatic carbocycles. The minimum atomic E-state index is 0. The Balaban J connectivity index is 0.00000144. The number of aryl methyl sites for hydroxylation is 1. The molecule has 1 aromatic heterocycles. The van der Waals surface area contributed by atoms with Gasteiger partial charge >= 0.3 is 0 Å². The van der Waals surface area contributed by atoms with Gasteiger partial charge in [-0.3, -0.25) is 9.89 Å². The van der Waals surface area contributed by atoms with Crippen molar-refractivity contribution in [2.75, 3.05) is 6.54 Å². The molecule has 17 heavy (non-hydrogen) atoms. The van der Waals surface area contributed by atoms with Gasteiger partial charge < -0.3 is 11.1 Å². The van der Waals surface area contributed by atoms with Crippen LogP contribution in [0.2, 0.25) is 0 Å². The Morgan fingerprint density at radius 2 is 2.41 bits per heavy atom. The number of amides is 1. The number of aromatic nitrogens is 2. The maximum Gasteiger partial charge on any atom is 0.226 e. The molecular weight excluding hydrogens is 240 g/mol. The summed E-state index contributed by atoms with van der Waals surface area (Å²) >= 11 is 0. The largest absolute Gasteiger partial charge is 0.351 e. The number of nitrogens with one attached hydrogen (secondary N) is 2. The first-order valence-corrected chi connectivity index (χ1v) is 5.69. The van der Waals surface area contributed by atoms with Crippen LogP contribution in [0.15, 0.2) is 6.07 Å². The molecule has 2 rings (SSSR count). The number of aromatic amines is 1. The van der Waals surface area contributed by atoms with Crippen molar-refractivity contribution < 1.29 is 4.79 Å². The number of hydrogen-bond acceptors (Lipinski definition) is 3. The van der Waals surface area contributed by atoms with Gasteiger partial charge in [-0.1, -0.05) is 0 Å². The van der Waals surface area contributed by atoms with Crippen molar-refractivity contribution in [3.8, 4) is 0 Å². The SMILES string of the molecule is Cc1cc(CC(=O)NC(CN)C2CC2)n[nH]1.Cl. The molecule has 1 aromatic rings. The van der Waals surface area contributed by atoms with E-state index in [1.165, 1.54) is 12.8 Å². The lowest BCUT2D eigenvalue weighted by Crippen LogP contribution is -2.42. The van der Waals surface area contributed by atoms with E-state index in [2.05, 4.69) is 15.5 Å². The van der Waals surface area contributed by atoms with Crippen LogP contribution >= 0.6 is 12.4 Å². The maximum absolute atomic E-state index is 11.7. The summed E-state index contributed by atoms with van der Waals surface area (Å²) in [6, 6.07) is 2.03. The number of halogens is 1. The van der Waals surface area contributed by atoms with Crippen LogP contribution in [-0.2, 0) is 11.2 Å². The van der Waals surface area contributed by atoms with E-state index in [4.69, 9.17) is 5.73 Å². The van der Waals surface area contributed by atoms with Crippen LogP contribution in [0, 0.1) is 12.8 Å². The van der Waals surface area contributed by atoms with Gasteiger partial charge in [0.05, 0.1) is 12.1 Å². The molecule has 1 amide bonds. The number of H-pyrrole nitrogens is 1. The van der Waals surface area contributed by atoms with E-state index >= 15 is 0 Å². The molecule has 0 bridgehead atoms. The minimum absolute atomic E-state index is 0. The normalized spacial score (nSPS) is 16.1. The van der Waals surface area contributed by atoms with E-state index in [9.17, 15) is 4.79 Å². The number of hydrogen-bond donors (Lipinski definition) is 3. The van der Waals surface area contributed by atoms with Crippen LogP contribution in [0.25, 0.3) is 0 Å². The Hall–Kier alpha value is -1.07. The van der Waals surface area contributed by atoms with Crippen molar-refractivity contribution in [3.05, 3.63) is 17.5 Å². The lowest BCUT2D eigenvalue weighted by Gasteiger charge is -2.15. The Labute approximate surface area is 107 Å². The van der Waals surface area contributed by atoms with Crippen molar-refractivity contribution in [1.29, 1.82) is 0 Å². The Bertz CT molecular complexity index is 375. The van der Waals surface area contributed by atoms with Gasteiger partial charge in [-0.15, -0.1) is 12.4 Å². The topological polar surface area (TPSA) is 83.8 Å². The second-order valence-electron chi connectivity index (χ2n) is 4.47. The van der Waals surface area contributed by atoms with Gasteiger partial charge in [-0.25, -0.2) is 0 Å². The Morgan fingerprint density at radius 3 is 2.88 bits per heavy atom. The average Bonchev–Trinajstić information content (AvgIpc) is 3.00. The molecule has 1 saturated carbocycles. The van der Waals surface area contributed by atoms with Crippen LogP contribution in [0.4, 0.5) is 0 Å². The fourth-order valence-corrected chi connectivity index (χ4v) is 1.86. The van der Waals surface area contributed by atoms with E-state index < -0.39 is 0 Å². The van der Waals surface area contributed by atoms with Crippen LogP contribution in [-0.4, -0.2) is 28.7 Å². The second kappa shape index (κ2) is 6.02. The molecule has 4 N–H and O–H groups in total. The third-order valence-corrected chi connectivity index (χ3v) is 2.89. The lowest BCUT2D eigenvalue weighted by atomic mass is 10.1. The first-order valence-electron chi connectivity index (χ1n) is 5.69. The van der Waals surface area contributed by atoms with Gasteiger partial charge in [0.25, 0.3) is 0 Å². The number of nitrogens with zero attached hydrogens (tertiary/aromatic N) is 1. The molecule has 1 atom stereocenters. The fraction of sp³-hybridized carbons (Fsp3) is 0.636. The summed E-state index contributed by atoms with van der Waals surface area (Å²) in [5.74, 6) is 0.601. The van der Waals surface area contributed by atoms with E-state index in [0.717, 1.165) is 11.4 Å².